The average Bonchev–Trinajstić information content (AvgIpc) is 2.27. The third-order valence-corrected chi connectivity index (χ3v) is 2.44. The molecule has 98 valence electrons. The average molecular weight is 270 g/mol. The summed E-state index contributed by atoms with van der Waals surface area (Å²) < 4.78 is 5.08. The highest BCUT2D eigenvalue weighted by Crippen LogP contribution is 2.16. The van der Waals surface area contributed by atoms with E-state index in [1.165, 1.54) is 0 Å². The van der Waals surface area contributed by atoms with Gasteiger partial charge in [0, 0.05) is 11.8 Å². The molecule has 1 aromatic carbocycles. The smallest absolute Gasteiger partial charge is 0.279 e. The molecule has 0 aliphatic carbocycles. The number of amides is 1. The van der Waals surface area contributed by atoms with E-state index in [4.69, 9.17) is 16.3 Å². The molecule has 2 N–H and O–H groups in total. The summed E-state index contributed by atoms with van der Waals surface area (Å²) in [6.45, 7) is 4.50. The van der Waals surface area contributed by atoms with Crippen molar-refractivity contribution in [2.45, 2.75) is 0 Å². The van der Waals surface area contributed by atoms with Gasteiger partial charge in [0.15, 0.2) is 6.54 Å². The lowest BCUT2D eigenvalue weighted by atomic mass is 10.3. The quantitative estimate of drug-likeness (QED) is 0.806. The van der Waals surface area contributed by atoms with Gasteiger partial charge in [-0.2, -0.15) is 0 Å². The Labute approximate surface area is 112 Å². The van der Waals surface area contributed by atoms with Crippen LogP contribution in [0.5, 0.6) is 5.75 Å². The Balaban J connectivity index is 2.51. The highest BCUT2D eigenvalue weighted by atomic mass is 35.5. The fourth-order valence-electron chi connectivity index (χ4n) is 1.57. The van der Waals surface area contributed by atoms with Gasteiger partial charge in [-0.3, -0.25) is 4.79 Å². The number of hydrogen-bond acceptors (Lipinski definition) is 2. The number of rotatable bonds is 6. The second kappa shape index (κ2) is 7.03. The number of carbonyl (C=O) groups is 1. The first-order valence-corrected chi connectivity index (χ1v) is 5.97. The Morgan fingerprint density at radius 1 is 1.50 bits per heavy atom. The molecule has 5 heteroatoms. The number of carbonyl (C=O) groups excluding carboxylic acids is 1. The Kier molecular flexibility index (Phi) is 5.68. The molecule has 0 spiro atoms. The number of nitrogens with one attached hydrogen (secondary N) is 2. The van der Waals surface area contributed by atoms with Crippen molar-refractivity contribution in [2.24, 2.45) is 0 Å². The van der Waals surface area contributed by atoms with E-state index < -0.39 is 0 Å². The zero-order valence-corrected chi connectivity index (χ0v) is 11.4. The van der Waals surface area contributed by atoms with Crippen molar-refractivity contribution in [3.63, 3.8) is 0 Å². The van der Waals surface area contributed by atoms with Gasteiger partial charge in [0.2, 0.25) is 0 Å². The maximum absolute atomic E-state index is 11.8. The van der Waals surface area contributed by atoms with Crippen LogP contribution in [0.4, 0.5) is 5.69 Å². The molecule has 1 aromatic rings. The van der Waals surface area contributed by atoms with Gasteiger partial charge in [-0.05, 0) is 12.1 Å². The van der Waals surface area contributed by atoms with E-state index in [0.29, 0.717) is 23.9 Å². The molecule has 0 aliphatic rings. The number of halogens is 1. The molecule has 18 heavy (non-hydrogen) atoms. The first kappa shape index (κ1) is 14.5. The SMILES string of the molecule is C=C(Cl)C[NH+](C)CC(=O)Nc1cccc(OC)c1. The molecule has 1 rings (SSSR count). The molecular formula is C13H18ClN2O2+. The van der Waals surface area contributed by atoms with Crippen molar-refractivity contribution in [1.29, 1.82) is 0 Å². The predicted molar refractivity (Wildman–Crippen MR) is 73.2 cm³/mol. The molecular weight excluding hydrogens is 252 g/mol. The normalized spacial score (nSPS) is 11.7. The van der Waals surface area contributed by atoms with Gasteiger partial charge in [0.1, 0.15) is 12.3 Å². The van der Waals surface area contributed by atoms with Crippen LogP contribution in [0, 0.1) is 0 Å². The number of quaternary nitrogens is 1. The maximum atomic E-state index is 11.8. The third kappa shape index (κ3) is 5.21. The van der Waals surface area contributed by atoms with Crippen LogP contribution in [-0.4, -0.2) is 33.2 Å². The topological polar surface area (TPSA) is 42.8 Å². The molecule has 0 aromatic heterocycles. The van der Waals surface area contributed by atoms with Crippen molar-refractivity contribution in [1.82, 2.24) is 0 Å². The van der Waals surface area contributed by atoms with Gasteiger partial charge in [-0.15, -0.1) is 0 Å². The van der Waals surface area contributed by atoms with E-state index in [1.807, 2.05) is 25.2 Å². The summed E-state index contributed by atoms with van der Waals surface area (Å²) in [6.07, 6.45) is 0. The zero-order chi connectivity index (χ0) is 13.5. The summed E-state index contributed by atoms with van der Waals surface area (Å²) in [4.78, 5) is 12.7. The molecule has 0 radical (unpaired) electrons. The molecule has 1 amide bonds. The Morgan fingerprint density at radius 2 is 2.22 bits per heavy atom. The van der Waals surface area contributed by atoms with Gasteiger partial charge < -0.3 is 15.0 Å². The van der Waals surface area contributed by atoms with Gasteiger partial charge in [-0.25, -0.2) is 0 Å². The van der Waals surface area contributed by atoms with Gasteiger partial charge in [-0.1, -0.05) is 24.2 Å². The summed E-state index contributed by atoms with van der Waals surface area (Å²) in [7, 11) is 3.48. The number of likely N-dealkylation sites (N-methyl/N-ethyl adjacent to an activating group) is 1. The number of anilines is 1. The fourth-order valence-corrected chi connectivity index (χ4v) is 1.80. The Bertz CT molecular complexity index is 435. The predicted octanol–water partition coefficient (Wildman–Crippen LogP) is 0.901. The van der Waals surface area contributed by atoms with Gasteiger partial charge in [0.25, 0.3) is 5.91 Å². The first-order valence-electron chi connectivity index (χ1n) is 5.59. The largest absolute Gasteiger partial charge is 0.497 e. The lowest BCUT2D eigenvalue weighted by Gasteiger charge is -2.13. The van der Waals surface area contributed by atoms with Crippen LogP contribution in [0.1, 0.15) is 0 Å². The summed E-state index contributed by atoms with van der Waals surface area (Å²) in [5, 5.41) is 3.35. The van der Waals surface area contributed by atoms with Crippen molar-refractivity contribution in [3.05, 3.63) is 35.9 Å². The van der Waals surface area contributed by atoms with E-state index >= 15 is 0 Å². The Morgan fingerprint density at radius 3 is 2.83 bits per heavy atom. The monoisotopic (exact) mass is 269 g/mol. The molecule has 0 saturated carbocycles. The third-order valence-electron chi connectivity index (χ3n) is 2.31. The van der Waals surface area contributed by atoms with Crippen LogP contribution in [0.15, 0.2) is 35.9 Å². The molecule has 1 unspecified atom stereocenters. The number of ether oxygens (including phenoxy) is 1. The van der Waals surface area contributed by atoms with Crippen LogP contribution in [-0.2, 0) is 4.79 Å². The van der Waals surface area contributed by atoms with Crippen LogP contribution < -0.4 is 15.0 Å². The molecule has 0 aliphatic heterocycles. The van der Waals surface area contributed by atoms with Crippen LogP contribution in [0.3, 0.4) is 0 Å². The summed E-state index contributed by atoms with van der Waals surface area (Å²) >= 11 is 5.69. The number of benzene rings is 1. The van der Waals surface area contributed by atoms with E-state index in [1.54, 1.807) is 13.2 Å². The molecule has 1 atom stereocenters. The molecule has 4 nitrogen and oxygen atoms in total. The van der Waals surface area contributed by atoms with Crippen molar-refractivity contribution in [2.75, 3.05) is 32.6 Å². The molecule has 0 heterocycles. The number of methoxy groups -OCH3 is 1. The number of hydrogen-bond donors (Lipinski definition) is 2. The lowest BCUT2D eigenvalue weighted by molar-refractivity contribution is -0.865. The van der Waals surface area contributed by atoms with E-state index in [9.17, 15) is 4.79 Å². The minimum Gasteiger partial charge on any atom is -0.497 e. The molecule has 0 bridgehead atoms. The van der Waals surface area contributed by atoms with Crippen LogP contribution >= 0.6 is 11.6 Å². The van der Waals surface area contributed by atoms with E-state index in [0.717, 1.165) is 10.6 Å². The highest BCUT2D eigenvalue weighted by Gasteiger charge is 2.10. The van der Waals surface area contributed by atoms with Crippen molar-refractivity contribution in [3.8, 4) is 5.75 Å². The summed E-state index contributed by atoms with van der Waals surface area (Å²) in [6, 6.07) is 7.24. The first-order chi connectivity index (χ1) is 8.51. The minimum atomic E-state index is -0.0707. The highest BCUT2D eigenvalue weighted by molar-refractivity contribution is 6.29. The standard InChI is InChI=1S/C13H17ClN2O2/c1-10(14)8-16(2)9-13(17)15-11-5-4-6-12(7-11)18-3/h4-7H,1,8-9H2,2-3H3,(H,15,17)/p+1. The Hall–Kier alpha value is -1.52. The maximum Gasteiger partial charge on any atom is 0.279 e. The van der Waals surface area contributed by atoms with Crippen molar-refractivity contribution < 1.29 is 14.4 Å². The lowest BCUT2D eigenvalue weighted by Crippen LogP contribution is -3.10. The van der Waals surface area contributed by atoms with Gasteiger partial charge in [0.05, 0.1) is 19.2 Å². The van der Waals surface area contributed by atoms with E-state index in [2.05, 4.69) is 11.9 Å². The zero-order valence-electron chi connectivity index (χ0n) is 10.6. The van der Waals surface area contributed by atoms with E-state index in [-0.39, 0.29) is 5.91 Å². The van der Waals surface area contributed by atoms with Gasteiger partial charge >= 0.3 is 0 Å². The molecule has 0 fully saturated rings. The minimum absolute atomic E-state index is 0.0707. The van der Waals surface area contributed by atoms with Crippen LogP contribution in [0.2, 0.25) is 0 Å². The fraction of sp³-hybridized carbons (Fsp3) is 0.308. The molecule has 0 saturated heterocycles. The summed E-state index contributed by atoms with van der Waals surface area (Å²) in [5.74, 6) is 0.640. The summed E-state index contributed by atoms with van der Waals surface area (Å²) in [5.41, 5.74) is 0.719. The second-order valence-electron chi connectivity index (χ2n) is 4.11. The van der Waals surface area contributed by atoms with Crippen molar-refractivity contribution >= 4 is 23.2 Å². The second-order valence-corrected chi connectivity index (χ2v) is 4.64. The van der Waals surface area contributed by atoms with Crippen LogP contribution in [0.25, 0.3) is 0 Å².